The molecular weight excluding hydrogens is 306 g/mol. The number of urea groups is 1. The Morgan fingerprint density at radius 3 is 3.13 bits per heavy atom. The number of anilines is 1. The number of fused-ring (bicyclic) bond motifs is 1. The van der Waals surface area contributed by atoms with Gasteiger partial charge in [0.05, 0.1) is 11.7 Å². The highest BCUT2D eigenvalue weighted by molar-refractivity contribution is 7.08. The molecule has 1 atom stereocenters. The standard InChI is InChI=1S/C18H17N3OS/c22-18(21-9-2-5-17(21)14-7-10-23-12-14)20-16-4-1-3-13-11-19-8-6-15(13)16/h1,3-4,6-8,10-12,17H,2,5,9H2,(H,20,22). The summed E-state index contributed by atoms with van der Waals surface area (Å²) in [5.41, 5.74) is 2.08. The van der Waals surface area contributed by atoms with Crippen LogP contribution in [0.25, 0.3) is 10.8 Å². The lowest BCUT2D eigenvalue weighted by molar-refractivity contribution is 0.207. The fourth-order valence-electron chi connectivity index (χ4n) is 3.24. The Morgan fingerprint density at radius 2 is 2.26 bits per heavy atom. The van der Waals surface area contributed by atoms with E-state index in [-0.39, 0.29) is 12.1 Å². The largest absolute Gasteiger partial charge is 0.322 e. The van der Waals surface area contributed by atoms with E-state index >= 15 is 0 Å². The molecular formula is C18H17N3OS. The SMILES string of the molecule is O=C(Nc1cccc2cnccc12)N1CCCC1c1ccsc1. The fourth-order valence-corrected chi connectivity index (χ4v) is 3.95. The van der Waals surface area contributed by atoms with Crippen LogP contribution < -0.4 is 5.32 Å². The Morgan fingerprint density at radius 1 is 1.30 bits per heavy atom. The van der Waals surface area contributed by atoms with E-state index in [1.807, 2.05) is 35.4 Å². The minimum absolute atomic E-state index is 0.0250. The van der Waals surface area contributed by atoms with E-state index < -0.39 is 0 Å². The fraction of sp³-hybridized carbons (Fsp3) is 0.222. The van der Waals surface area contributed by atoms with Crippen LogP contribution >= 0.6 is 11.3 Å². The Bertz CT molecular complexity index is 826. The summed E-state index contributed by atoms with van der Waals surface area (Å²) in [6.07, 6.45) is 5.65. The van der Waals surface area contributed by atoms with E-state index in [2.05, 4.69) is 27.1 Å². The third-order valence-electron chi connectivity index (χ3n) is 4.36. The first-order chi connectivity index (χ1) is 11.3. The number of hydrogen-bond acceptors (Lipinski definition) is 3. The van der Waals surface area contributed by atoms with Crippen LogP contribution in [0.3, 0.4) is 0 Å². The van der Waals surface area contributed by atoms with E-state index in [4.69, 9.17) is 0 Å². The maximum absolute atomic E-state index is 12.8. The van der Waals surface area contributed by atoms with E-state index in [1.54, 1.807) is 17.5 Å². The second-order valence-electron chi connectivity index (χ2n) is 5.74. The highest BCUT2D eigenvalue weighted by Crippen LogP contribution is 2.34. The molecule has 4 rings (SSSR count). The van der Waals surface area contributed by atoms with Crippen molar-refractivity contribution in [3.8, 4) is 0 Å². The van der Waals surface area contributed by atoms with Crippen molar-refractivity contribution < 1.29 is 4.79 Å². The molecule has 23 heavy (non-hydrogen) atoms. The van der Waals surface area contributed by atoms with Crippen LogP contribution in [-0.4, -0.2) is 22.5 Å². The maximum atomic E-state index is 12.8. The van der Waals surface area contributed by atoms with Gasteiger partial charge in [0.1, 0.15) is 0 Å². The summed E-state index contributed by atoms with van der Waals surface area (Å²) in [5.74, 6) is 0. The summed E-state index contributed by atoms with van der Waals surface area (Å²) in [5, 5.41) is 9.34. The lowest BCUT2D eigenvalue weighted by Crippen LogP contribution is -2.34. The minimum atomic E-state index is -0.0250. The summed E-state index contributed by atoms with van der Waals surface area (Å²) in [4.78, 5) is 18.8. The van der Waals surface area contributed by atoms with Crippen molar-refractivity contribution in [2.45, 2.75) is 18.9 Å². The van der Waals surface area contributed by atoms with Gasteiger partial charge >= 0.3 is 6.03 Å². The lowest BCUT2D eigenvalue weighted by Gasteiger charge is -2.24. The van der Waals surface area contributed by atoms with Gasteiger partial charge in [-0.25, -0.2) is 4.79 Å². The van der Waals surface area contributed by atoms with Crippen molar-refractivity contribution in [3.05, 3.63) is 59.0 Å². The lowest BCUT2D eigenvalue weighted by atomic mass is 10.1. The summed E-state index contributed by atoms with van der Waals surface area (Å²) in [6.45, 7) is 0.804. The van der Waals surface area contributed by atoms with Crippen LogP contribution in [0.2, 0.25) is 0 Å². The zero-order valence-electron chi connectivity index (χ0n) is 12.6. The molecule has 5 heteroatoms. The average Bonchev–Trinajstić information content (AvgIpc) is 3.26. The Kier molecular flexibility index (Phi) is 3.71. The molecule has 2 aromatic heterocycles. The third-order valence-corrected chi connectivity index (χ3v) is 5.07. The molecule has 2 amide bonds. The molecule has 0 aliphatic carbocycles. The quantitative estimate of drug-likeness (QED) is 0.745. The van der Waals surface area contributed by atoms with Crippen molar-refractivity contribution in [2.24, 2.45) is 0 Å². The first-order valence-corrected chi connectivity index (χ1v) is 8.70. The molecule has 0 bridgehead atoms. The Balaban J connectivity index is 1.59. The summed E-state index contributed by atoms with van der Waals surface area (Å²) in [7, 11) is 0. The highest BCUT2D eigenvalue weighted by atomic mass is 32.1. The van der Waals surface area contributed by atoms with E-state index in [9.17, 15) is 4.79 Å². The number of rotatable bonds is 2. The van der Waals surface area contributed by atoms with Crippen LogP contribution in [0, 0.1) is 0 Å². The van der Waals surface area contributed by atoms with Crippen LogP contribution in [-0.2, 0) is 0 Å². The number of pyridine rings is 1. The number of benzene rings is 1. The van der Waals surface area contributed by atoms with Crippen molar-refractivity contribution in [1.82, 2.24) is 9.88 Å². The molecule has 116 valence electrons. The normalized spacial score (nSPS) is 17.6. The predicted molar refractivity (Wildman–Crippen MR) is 93.8 cm³/mol. The van der Waals surface area contributed by atoms with Gasteiger partial charge in [-0.1, -0.05) is 12.1 Å². The average molecular weight is 323 g/mol. The molecule has 0 saturated carbocycles. The molecule has 1 aliphatic rings. The molecule has 4 nitrogen and oxygen atoms in total. The van der Waals surface area contributed by atoms with Gasteiger partial charge < -0.3 is 10.2 Å². The van der Waals surface area contributed by atoms with Crippen molar-refractivity contribution in [1.29, 1.82) is 0 Å². The first-order valence-electron chi connectivity index (χ1n) is 7.75. The number of amides is 2. The van der Waals surface area contributed by atoms with Crippen LogP contribution in [0.15, 0.2) is 53.5 Å². The number of hydrogen-bond donors (Lipinski definition) is 1. The second kappa shape index (κ2) is 6.01. The number of thiophene rings is 1. The number of carbonyl (C=O) groups excluding carboxylic acids is 1. The van der Waals surface area contributed by atoms with Crippen LogP contribution in [0.4, 0.5) is 10.5 Å². The molecule has 1 aromatic carbocycles. The van der Waals surface area contributed by atoms with Crippen LogP contribution in [0.5, 0.6) is 0 Å². The van der Waals surface area contributed by atoms with Gasteiger partial charge in [0.15, 0.2) is 0 Å². The molecule has 1 unspecified atom stereocenters. The second-order valence-corrected chi connectivity index (χ2v) is 6.52. The monoisotopic (exact) mass is 323 g/mol. The van der Waals surface area contributed by atoms with Crippen molar-refractivity contribution in [2.75, 3.05) is 11.9 Å². The number of likely N-dealkylation sites (tertiary alicyclic amines) is 1. The summed E-state index contributed by atoms with van der Waals surface area (Å²) >= 11 is 1.68. The van der Waals surface area contributed by atoms with Gasteiger partial charge in [-0.15, -0.1) is 0 Å². The van der Waals surface area contributed by atoms with E-state index in [1.165, 1.54) is 5.56 Å². The number of nitrogens with one attached hydrogen (secondary N) is 1. The van der Waals surface area contributed by atoms with Crippen molar-refractivity contribution >= 4 is 33.8 Å². The molecule has 3 aromatic rings. The predicted octanol–water partition coefficient (Wildman–Crippen LogP) is 4.67. The number of nitrogens with zero attached hydrogens (tertiary/aromatic N) is 2. The molecule has 1 saturated heterocycles. The van der Waals surface area contributed by atoms with Gasteiger partial charge in [0.2, 0.25) is 0 Å². The summed E-state index contributed by atoms with van der Waals surface area (Å²) in [6, 6.07) is 10.1. The Hall–Kier alpha value is -2.40. The van der Waals surface area contributed by atoms with Gasteiger partial charge in [0.25, 0.3) is 0 Å². The molecule has 3 heterocycles. The van der Waals surface area contributed by atoms with Crippen molar-refractivity contribution in [3.63, 3.8) is 0 Å². The number of carbonyl (C=O) groups is 1. The maximum Gasteiger partial charge on any atom is 0.322 e. The smallest absolute Gasteiger partial charge is 0.317 e. The zero-order chi connectivity index (χ0) is 15.6. The van der Waals surface area contributed by atoms with E-state index in [0.717, 1.165) is 35.8 Å². The molecule has 0 spiro atoms. The minimum Gasteiger partial charge on any atom is -0.317 e. The number of aromatic nitrogens is 1. The van der Waals surface area contributed by atoms with E-state index in [0.29, 0.717) is 0 Å². The van der Waals surface area contributed by atoms with Gasteiger partial charge in [-0.2, -0.15) is 11.3 Å². The molecule has 0 radical (unpaired) electrons. The molecule has 1 N–H and O–H groups in total. The Labute approximate surface area is 138 Å². The van der Waals surface area contributed by atoms with Gasteiger partial charge in [0, 0.05) is 29.7 Å². The molecule has 1 aliphatic heterocycles. The topological polar surface area (TPSA) is 45.2 Å². The zero-order valence-corrected chi connectivity index (χ0v) is 13.4. The summed E-state index contributed by atoms with van der Waals surface area (Å²) < 4.78 is 0. The highest BCUT2D eigenvalue weighted by Gasteiger charge is 2.30. The van der Waals surface area contributed by atoms with Gasteiger partial charge in [-0.05, 0) is 47.4 Å². The van der Waals surface area contributed by atoms with Gasteiger partial charge in [-0.3, -0.25) is 4.98 Å². The molecule has 1 fully saturated rings. The first kappa shape index (κ1) is 14.2. The third kappa shape index (κ3) is 2.68. The van der Waals surface area contributed by atoms with Crippen LogP contribution in [0.1, 0.15) is 24.4 Å².